The van der Waals surface area contributed by atoms with Crippen LogP contribution < -0.4 is 0 Å². The summed E-state index contributed by atoms with van der Waals surface area (Å²) in [6.45, 7) is 13.8. The van der Waals surface area contributed by atoms with E-state index < -0.39 is 11.9 Å². The molecular formula is C22H39ClN2O6. The molecule has 0 aromatic carbocycles. The first-order chi connectivity index (χ1) is 14.4. The van der Waals surface area contributed by atoms with Gasteiger partial charge in [0.05, 0.1) is 39.6 Å². The van der Waals surface area contributed by atoms with Crippen LogP contribution in [0, 0.1) is 0 Å². The highest BCUT2D eigenvalue weighted by Crippen LogP contribution is 2.14. The van der Waals surface area contributed by atoms with Crippen LogP contribution >= 0.6 is 12.4 Å². The SMILES string of the molecule is C[C@H]1COC[C@H](C)N1CCCOC(=O)/C=C/C(=O)OCCCN1[C@@H](C)COC[C@@H]1C.Cl. The normalized spacial score (nSPS) is 27.6. The summed E-state index contributed by atoms with van der Waals surface area (Å²) in [5.41, 5.74) is 0. The molecule has 31 heavy (non-hydrogen) atoms. The molecule has 180 valence electrons. The van der Waals surface area contributed by atoms with Crippen LogP contribution in [0.3, 0.4) is 0 Å². The van der Waals surface area contributed by atoms with E-state index >= 15 is 0 Å². The third kappa shape index (κ3) is 9.87. The van der Waals surface area contributed by atoms with Crippen molar-refractivity contribution in [2.45, 2.75) is 64.7 Å². The number of ether oxygens (including phenoxy) is 4. The van der Waals surface area contributed by atoms with Crippen molar-refractivity contribution in [2.24, 2.45) is 0 Å². The largest absolute Gasteiger partial charge is 0.462 e. The van der Waals surface area contributed by atoms with E-state index in [4.69, 9.17) is 18.9 Å². The molecule has 0 bridgehead atoms. The summed E-state index contributed by atoms with van der Waals surface area (Å²) in [4.78, 5) is 28.3. The quantitative estimate of drug-likeness (QED) is 0.277. The maximum Gasteiger partial charge on any atom is 0.331 e. The van der Waals surface area contributed by atoms with Crippen LogP contribution in [0.5, 0.6) is 0 Å². The molecule has 2 aliphatic heterocycles. The molecule has 0 aromatic heterocycles. The predicted octanol–water partition coefficient (Wildman–Crippen LogP) is 2.05. The first kappa shape index (κ1) is 27.8. The summed E-state index contributed by atoms with van der Waals surface area (Å²) in [5, 5.41) is 0. The van der Waals surface area contributed by atoms with E-state index in [0.29, 0.717) is 37.4 Å². The molecule has 0 unspecified atom stereocenters. The van der Waals surface area contributed by atoms with Crippen LogP contribution in [0.4, 0.5) is 0 Å². The van der Waals surface area contributed by atoms with Gasteiger partial charge in [-0.1, -0.05) is 0 Å². The van der Waals surface area contributed by atoms with Crippen LogP contribution in [0.1, 0.15) is 40.5 Å². The molecule has 2 fully saturated rings. The molecule has 9 heteroatoms. The Morgan fingerprint density at radius 2 is 1.06 bits per heavy atom. The van der Waals surface area contributed by atoms with Gasteiger partial charge in [0.1, 0.15) is 0 Å². The second-order valence-corrected chi connectivity index (χ2v) is 8.32. The maximum absolute atomic E-state index is 11.8. The second-order valence-electron chi connectivity index (χ2n) is 8.32. The minimum absolute atomic E-state index is 0. The number of hydrogen-bond donors (Lipinski definition) is 0. The van der Waals surface area contributed by atoms with Gasteiger partial charge < -0.3 is 18.9 Å². The van der Waals surface area contributed by atoms with Crippen molar-refractivity contribution in [3.8, 4) is 0 Å². The average Bonchev–Trinajstić information content (AvgIpc) is 2.70. The molecule has 8 nitrogen and oxygen atoms in total. The molecule has 4 atom stereocenters. The summed E-state index contributed by atoms with van der Waals surface area (Å²) >= 11 is 0. The lowest BCUT2D eigenvalue weighted by Gasteiger charge is -2.38. The Bertz CT molecular complexity index is 508. The van der Waals surface area contributed by atoms with Gasteiger partial charge in [-0.2, -0.15) is 0 Å². The molecule has 0 saturated carbocycles. The van der Waals surface area contributed by atoms with E-state index in [2.05, 4.69) is 37.5 Å². The lowest BCUT2D eigenvalue weighted by atomic mass is 10.1. The summed E-state index contributed by atoms with van der Waals surface area (Å²) in [6, 6.07) is 1.48. The van der Waals surface area contributed by atoms with Crippen molar-refractivity contribution in [1.82, 2.24) is 9.80 Å². The van der Waals surface area contributed by atoms with E-state index in [-0.39, 0.29) is 12.4 Å². The van der Waals surface area contributed by atoms with Gasteiger partial charge in [0.2, 0.25) is 0 Å². The minimum Gasteiger partial charge on any atom is -0.462 e. The highest BCUT2D eigenvalue weighted by Gasteiger charge is 2.25. The van der Waals surface area contributed by atoms with E-state index in [9.17, 15) is 9.59 Å². The van der Waals surface area contributed by atoms with Gasteiger partial charge in [-0.05, 0) is 40.5 Å². The number of nitrogens with zero attached hydrogens (tertiary/aromatic N) is 2. The van der Waals surface area contributed by atoms with Crippen LogP contribution in [0.25, 0.3) is 0 Å². The lowest BCUT2D eigenvalue weighted by molar-refractivity contribution is -0.140. The smallest absolute Gasteiger partial charge is 0.331 e. The summed E-state index contributed by atoms with van der Waals surface area (Å²) in [6.07, 6.45) is 3.76. The summed E-state index contributed by atoms with van der Waals surface area (Å²) < 4.78 is 21.4. The van der Waals surface area contributed by atoms with Crippen LogP contribution in [0.2, 0.25) is 0 Å². The van der Waals surface area contributed by atoms with Crippen molar-refractivity contribution in [2.75, 3.05) is 52.7 Å². The van der Waals surface area contributed by atoms with E-state index in [1.54, 1.807) is 0 Å². The minimum atomic E-state index is -0.522. The molecule has 0 radical (unpaired) electrons. The van der Waals surface area contributed by atoms with Gasteiger partial charge in [0, 0.05) is 49.4 Å². The molecular weight excluding hydrogens is 424 g/mol. The molecule has 0 N–H and O–H groups in total. The standard InChI is InChI=1S/C22H38N2O6.ClH/c1-17-13-27-14-18(2)23(17)9-5-11-29-21(25)7-8-22(26)30-12-6-10-24-19(3)15-28-16-20(24)4;/h7-8,17-20H,5-6,9-16H2,1-4H3;1H/b8-7+;/t17-,18-,19-,20-;/m0./s1. The fourth-order valence-electron chi connectivity index (χ4n) is 4.02. The van der Waals surface area contributed by atoms with Crippen molar-refractivity contribution in [3.05, 3.63) is 12.2 Å². The van der Waals surface area contributed by atoms with E-state index in [1.165, 1.54) is 0 Å². The van der Waals surface area contributed by atoms with Gasteiger partial charge in [0.25, 0.3) is 0 Å². The number of morpholine rings is 2. The number of rotatable bonds is 10. The van der Waals surface area contributed by atoms with Gasteiger partial charge in [0.15, 0.2) is 0 Å². The van der Waals surface area contributed by atoms with Gasteiger partial charge in [-0.25, -0.2) is 9.59 Å². The molecule has 2 saturated heterocycles. The van der Waals surface area contributed by atoms with Crippen molar-refractivity contribution in [3.63, 3.8) is 0 Å². The average molecular weight is 463 g/mol. The molecule has 2 aliphatic rings. The van der Waals surface area contributed by atoms with Gasteiger partial charge in [-0.3, -0.25) is 9.80 Å². The Hall–Kier alpha value is -1.19. The van der Waals surface area contributed by atoms with E-state index in [1.807, 2.05) is 0 Å². The molecule has 0 aromatic rings. The zero-order valence-electron chi connectivity index (χ0n) is 19.3. The fourth-order valence-corrected chi connectivity index (χ4v) is 4.02. The second kappa shape index (κ2) is 14.8. The van der Waals surface area contributed by atoms with Crippen molar-refractivity contribution >= 4 is 24.3 Å². The first-order valence-corrected chi connectivity index (χ1v) is 11.1. The molecule has 2 heterocycles. The predicted molar refractivity (Wildman–Crippen MR) is 120 cm³/mol. The van der Waals surface area contributed by atoms with Crippen LogP contribution in [0.15, 0.2) is 12.2 Å². The van der Waals surface area contributed by atoms with Crippen molar-refractivity contribution < 1.29 is 28.5 Å². The monoisotopic (exact) mass is 462 g/mol. The highest BCUT2D eigenvalue weighted by atomic mass is 35.5. The topological polar surface area (TPSA) is 77.5 Å². The summed E-state index contributed by atoms with van der Waals surface area (Å²) in [5.74, 6) is -1.04. The molecule has 0 aliphatic carbocycles. The maximum atomic E-state index is 11.8. The first-order valence-electron chi connectivity index (χ1n) is 11.1. The third-order valence-electron chi connectivity index (χ3n) is 5.67. The molecule has 2 rings (SSSR count). The van der Waals surface area contributed by atoms with Gasteiger partial charge in [-0.15, -0.1) is 12.4 Å². The fraction of sp³-hybridized carbons (Fsp3) is 0.818. The molecule has 0 amide bonds. The van der Waals surface area contributed by atoms with Gasteiger partial charge >= 0.3 is 11.9 Å². The number of hydrogen-bond acceptors (Lipinski definition) is 8. The van der Waals surface area contributed by atoms with Crippen molar-refractivity contribution in [1.29, 1.82) is 0 Å². The number of carbonyl (C=O) groups is 2. The number of carbonyl (C=O) groups excluding carboxylic acids is 2. The Labute approximate surface area is 192 Å². The Kier molecular flexibility index (Phi) is 13.3. The zero-order valence-corrected chi connectivity index (χ0v) is 20.1. The molecule has 0 spiro atoms. The third-order valence-corrected chi connectivity index (χ3v) is 5.67. The highest BCUT2D eigenvalue weighted by molar-refractivity contribution is 5.91. The van der Waals surface area contributed by atoms with Crippen LogP contribution in [-0.2, 0) is 28.5 Å². The lowest BCUT2D eigenvalue weighted by Crippen LogP contribution is -2.49. The van der Waals surface area contributed by atoms with Crippen LogP contribution in [-0.4, -0.2) is 98.6 Å². The zero-order chi connectivity index (χ0) is 21.9. The Morgan fingerprint density at radius 3 is 1.39 bits per heavy atom. The summed E-state index contributed by atoms with van der Waals surface area (Å²) in [7, 11) is 0. The number of esters is 2. The Balaban J connectivity index is 0.00000480. The number of halogens is 1. The van der Waals surface area contributed by atoms with E-state index in [0.717, 1.165) is 64.5 Å². The Morgan fingerprint density at radius 1 is 0.742 bits per heavy atom.